The van der Waals surface area contributed by atoms with Gasteiger partial charge in [-0.05, 0) is 31.8 Å². The average molecular weight is 196 g/mol. The minimum Gasteiger partial charge on any atom is -0.302 e. The Balaban J connectivity index is 2.00. The maximum absolute atomic E-state index is 2.74. The van der Waals surface area contributed by atoms with E-state index in [0.29, 0.717) is 0 Å². The average Bonchev–Trinajstić information content (AvgIpc) is 2.35. The molecule has 82 valence electrons. The number of piperidine rings is 1. The molecular weight excluding hydrogens is 172 g/mol. The Hall–Kier alpha value is -0.0800. The predicted octanol–water partition coefficient (Wildman–Crippen LogP) is 1.81. The van der Waals surface area contributed by atoms with Gasteiger partial charge in [0.05, 0.1) is 0 Å². The lowest BCUT2D eigenvalue weighted by atomic mass is 10.0. The Labute approximate surface area is 88.3 Å². The van der Waals surface area contributed by atoms with Crippen LogP contribution in [0.15, 0.2) is 0 Å². The number of hydrogen-bond donors (Lipinski definition) is 0. The van der Waals surface area contributed by atoms with Crippen LogP contribution in [0, 0.1) is 5.92 Å². The van der Waals surface area contributed by atoms with E-state index in [1.54, 1.807) is 0 Å². The number of likely N-dealkylation sites (N-methyl/N-ethyl adjacent to an activating group) is 1. The van der Waals surface area contributed by atoms with E-state index < -0.39 is 0 Å². The van der Waals surface area contributed by atoms with Gasteiger partial charge in [0.25, 0.3) is 0 Å². The number of hydrogen-bond acceptors (Lipinski definition) is 2. The Morgan fingerprint density at radius 3 is 2.79 bits per heavy atom. The lowest BCUT2D eigenvalue weighted by Gasteiger charge is -2.35. The van der Waals surface area contributed by atoms with Gasteiger partial charge < -0.3 is 4.90 Å². The molecule has 2 rings (SSSR count). The van der Waals surface area contributed by atoms with Crippen LogP contribution in [-0.4, -0.2) is 48.6 Å². The van der Waals surface area contributed by atoms with E-state index in [1.165, 1.54) is 52.0 Å². The van der Waals surface area contributed by atoms with Gasteiger partial charge in [0.15, 0.2) is 0 Å². The molecule has 2 aliphatic heterocycles. The van der Waals surface area contributed by atoms with Crippen LogP contribution < -0.4 is 0 Å². The van der Waals surface area contributed by atoms with Gasteiger partial charge in [-0.1, -0.05) is 20.3 Å². The molecule has 0 bridgehead atoms. The summed E-state index contributed by atoms with van der Waals surface area (Å²) in [5.74, 6) is 0.859. The van der Waals surface area contributed by atoms with E-state index in [4.69, 9.17) is 0 Å². The molecule has 2 heterocycles. The summed E-state index contributed by atoms with van der Waals surface area (Å²) in [4.78, 5) is 5.38. The summed E-state index contributed by atoms with van der Waals surface area (Å²) in [6.45, 7) is 11.2. The van der Waals surface area contributed by atoms with E-state index in [1.807, 2.05) is 0 Å². The van der Waals surface area contributed by atoms with Crippen molar-refractivity contribution < 1.29 is 0 Å². The van der Waals surface area contributed by atoms with Gasteiger partial charge in [-0.15, -0.1) is 0 Å². The third kappa shape index (κ3) is 2.29. The predicted molar refractivity (Wildman–Crippen MR) is 60.5 cm³/mol. The van der Waals surface area contributed by atoms with Gasteiger partial charge in [0, 0.05) is 25.7 Å². The Morgan fingerprint density at radius 1 is 1.14 bits per heavy atom. The van der Waals surface area contributed by atoms with Crippen LogP contribution in [0.4, 0.5) is 0 Å². The van der Waals surface area contributed by atoms with Gasteiger partial charge in [-0.25, -0.2) is 0 Å². The van der Waals surface area contributed by atoms with Crippen LogP contribution >= 0.6 is 0 Å². The fraction of sp³-hybridized carbons (Fsp3) is 1.00. The zero-order valence-electron chi connectivity index (χ0n) is 9.71. The molecule has 14 heavy (non-hydrogen) atoms. The highest BCUT2D eigenvalue weighted by Gasteiger charge is 2.28. The van der Waals surface area contributed by atoms with E-state index in [-0.39, 0.29) is 0 Å². The van der Waals surface area contributed by atoms with Crippen molar-refractivity contribution in [2.24, 2.45) is 5.92 Å². The van der Waals surface area contributed by atoms with E-state index in [0.717, 1.165) is 12.0 Å². The molecule has 0 aromatic heterocycles. The summed E-state index contributed by atoms with van der Waals surface area (Å²) >= 11 is 0. The monoisotopic (exact) mass is 196 g/mol. The first kappa shape index (κ1) is 10.4. The third-order valence-corrected chi connectivity index (χ3v) is 3.78. The molecule has 2 saturated heterocycles. The Bertz CT molecular complexity index is 181. The van der Waals surface area contributed by atoms with Crippen molar-refractivity contribution in [2.75, 3.05) is 32.7 Å². The first-order chi connectivity index (χ1) is 6.79. The second kappa shape index (κ2) is 4.63. The van der Waals surface area contributed by atoms with Crippen LogP contribution in [0.3, 0.4) is 0 Å². The maximum Gasteiger partial charge on any atom is 0.0223 e. The molecule has 0 aliphatic carbocycles. The standard InChI is InChI=1S/C12H24N2/c1-3-13-8-11(2)9-14-7-5-4-6-12(14)10-13/h11-12H,3-10H2,1-2H3. The minimum atomic E-state index is 0.859. The number of nitrogens with zero attached hydrogens (tertiary/aromatic N) is 2. The normalized spacial score (nSPS) is 36.4. The van der Waals surface area contributed by atoms with Crippen molar-refractivity contribution in [3.8, 4) is 0 Å². The molecule has 0 spiro atoms. The molecule has 2 heteroatoms. The van der Waals surface area contributed by atoms with Crippen molar-refractivity contribution >= 4 is 0 Å². The van der Waals surface area contributed by atoms with E-state index >= 15 is 0 Å². The highest BCUT2D eigenvalue weighted by molar-refractivity contribution is 4.84. The van der Waals surface area contributed by atoms with E-state index in [9.17, 15) is 0 Å². The summed E-state index contributed by atoms with van der Waals surface area (Å²) in [7, 11) is 0. The highest BCUT2D eigenvalue weighted by atomic mass is 15.2. The van der Waals surface area contributed by atoms with Gasteiger partial charge in [-0.3, -0.25) is 4.90 Å². The molecule has 0 aromatic rings. The summed E-state index contributed by atoms with van der Waals surface area (Å²) in [6, 6.07) is 0.869. The van der Waals surface area contributed by atoms with Gasteiger partial charge >= 0.3 is 0 Å². The quantitative estimate of drug-likeness (QED) is 0.631. The molecular formula is C12H24N2. The maximum atomic E-state index is 2.74. The smallest absolute Gasteiger partial charge is 0.0223 e. The summed E-state index contributed by atoms with van der Waals surface area (Å²) in [5.41, 5.74) is 0. The molecule has 0 amide bonds. The zero-order chi connectivity index (χ0) is 9.97. The molecule has 0 radical (unpaired) electrons. The van der Waals surface area contributed by atoms with Crippen molar-refractivity contribution in [3.05, 3.63) is 0 Å². The first-order valence-electron chi connectivity index (χ1n) is 6.26. The third-order valence-electron chi connectivity index (χ3n) is 3.78. The van der Waals surface area contributed by atoms with Crippen molar-refractivity contribution in [2.45, 2.75) is 39.2 Å². The second-order valence-corrected chi connectivity index (χ2v) is 5.10. The SMILES string of the molecule is CCN1CC(C)CN2CCCCC2C1. The van der Waals surface area contributed by atoms with Crippen LogP contribution in [-0.2, 0) is 0 Å². The second-order valence-electron chi connectivity index (χ2n) is 5.10. The van der Waals surface area contributed by atoms with Crippen LogP contribution in [0.5, 0.6) is 0 Å². The molecule has 2 nitrogen and oxygen atoms in total. The summed E-state index contributed by atoms with van der Waals surface area (Å²) in [5, 5.41) is 0. The first-order valence-corrected chi connectivity index (χ1v) is 6.26. The molecule has 0 saturated carbocycles. The summed E-state index contributed by atoms with van der Waals surface area (Å²) < 4.78 is 0. The molecule has 2 fully saturated rings. The zero-order valence-corrected chi connectivity index (χ0v) is 9.71. The van der Waals surface area contributed by atoms with Crippen LogP contribution in [0.2, 0.25) is 0 Å². The summed E-state index contributed by atoms with van der Waals surface area (Å²) in [6.07, 6.45) is 4.31. The van der Waals surface area contributed by atoms with Gasteiger partial charge in [-0.2, -0.15) is 0 Å². The Morgan fingerprint density at radius 2 is 2.00 bits per heavy atom. The number of fused-ring (bicyclic) bond motifs is 1. The van der Waals surface area contributed by atoms with Gasteiger partial charge in [0.2, 0.25) is 0 Å². The topological polar surface area (TPSA) is 6.48 Å². The molecule has 2 aliphatic rings. The molecule has 2 unspecified atom stereocenters. The number of rotatable bonds is 1. The molecule has 2 atom stereocenters. The lowest BCUT2D eigenvalue weighted by molar-refractivity contribution is 0.134. The van der Waals surface area contributed by atoms with Crippen molar-refractivity contribution in [1.82, 2.24) is 9.80 Å². The largest absolute Gasteiger partial charge is 0.302 e. The van der Waals surface area contributed by atoms with Crippen molar-refractivity contribution in [1.29, 1.82) is 0 Å². The minimum absolute atomic E-state index is 0.859. The molecule has 0 aromatic carbocycles. The fourth-order valence-electron chi connectivity index (χ4n) is 3.04. The highest BCUT2D eigenvalue weighted by Crippen LogP contribution is 2.22. The van der Waals surface area contributed by atoms with E-state index in [2.05, 4.69) is 23.6 Å². The molecule has 0 N–H and O–H groups in total. The van der Waals surface area contributed by atoms with Gasteiger partial charge in [0.1, 0.15) is 0 Å². The fourth-order valence-corrected chi connectivity index (χ4v) is 3.04. The Kier molecular flexibility index (Phi) is 3.45. The lowest BCUT2D eigenvalue weighted by Crippen LogP contribution is -2.44. The van der Waals surface area contributed by atoms with Crippen LogP contribution in [0.25, 0.3) is 0 Å². The van der Waals surface area contributed by atoms with Crippen molar-refractivity contribution in [3.63, 3.8) is 0 Å². The van der Waals surface area contributed by atoms with Crippen LogP contribution in [0.1, 0.15) is 33.1 Å².